The fourth-order valence-corrected chi connectivity index (χ4v) is 4.79. The summed E-state index contributed by atoms with van der Waals surface area (Å²) in [7, 11) is -1.01. The van der Waals surface area contributed by atoms with Gasteiger partial charge in [0.15, 0.2) is 9.84 Å². The monoisotopic (exact) mass is 350 g/mol. The number of fused-ring (bicyclic) bond motifs is 1. The summed E-state index contributed by atoms with van der Waals surface area (Å²) < 4.78 is 24.8. The van der Waals surface area contributed by atoms with Gasteiger partial charge in [-0.15, -0.1) is 0 Å². The molecule has 0 radical (unpaired) electrons. The molecule has 1 saturated heterocycles. The summed E-state index contributed by atoms with van der Waals surface area (Å²) in [6.45, 7) is 0.995. The second kappa shape index (κ2) is 6.90. The Morgan fingerprint density at radius 2 is 2.29 bits per heavy atom. The second-order valence-electron chi connectivity index (χ2n) is 6.26. The Morgan fingerprint density at radius 1 is 1.46 bits per heavy atom. The van der Waals surface area contributed by atoms with Gasteiger partial charge >= 0.3 is 0 Å². The van der Waals surface area contributed by atoms with Crippen LogP contribution < -0.4 is 5.32 Å². The number of carbonyl (C=O) groups is 1. The number of hydrogen-bond donors (Lipinski definition) is 1. The Morgan fingerprint density at radius 3 is 3.04 bits per heavy atom. The smallest absolute Gasteiger partial charge is 0.221 e. The van der Waals surface area contributed by atoms with Crippen LogP contribution in [0.5, 0.6) is 0 Å². The maximum absolute atomic E-state index is 12.0. The number of hydrogen-bond acceptors (Lipinski definition) is 5. The van der Waals surface area contributed by atoms with E-state index in [1.54, 1.807) is 10.7 Å². The van der Waals surface area contributed by atoms with Crippen molar-refractivity contribution in [3.63, 3.8) is 0 Å². The standard InChI is InChI=1S/C16H22N4O3S/c1-19(14-6-9-24(22,23)12-14)8-5-16(21)17-10-13-11-18-20-7-3-2-4-15(13)20/h2-4,7,11,14H,5-6,8-10,12H2,1H3,(H,17,21)/t14-/m1/s1. The van der Waals surface area contributed by atoms with Crippen molar-refractivity contribution in [1.29, 1.82) is 0 Å². The summed E-state index contributed by atoms with van der Waals surface area (Å²) in [5, 5.41) is 7.14. The second-order valence-corrected chi connectivity index (χ2v) is 8.49. The number of nitrogens with zero attached hydrogens (tertiary/aromatic N) is 3. The van der Waals surface area contributed by atoms with E-state index < -0.39 is 9.84 Å². The molecule has 8 heteroatoms. The molecular formula is C16H22N4O3S. The summed E-state index contributed by atoms with van der Waals surface area (Å²) >= 11 is 0. The Bertz CT molecular complexity index is 831. The molecule has 1 aliphatic rings. The molecule has 1 aliphatic heterocycles. The van der Waals surface area contributed by atoms with Crippen LogP contribution in [-0.2, 0) is 21.2 Å². The van der Waals surface area contributed by atoms with Gasteiger partial charge in [0.25, 0.3) is 0 Å². The summed E-state index contributed by atoms with van der Waals surface area (Å²) in [5.41, 5.74) is 1.95. The molecule has 1 amide bonds. The number of sulfone groups is 1. The molecule has 1 N–H and O–H groups in total. The lowest BCUT2D eigenvalue weighted by Gasteiger charge is -2.22. The third kappa shape index (κ3) is 3.93. The van der Waals surface area contributed by atoms with Crippen LogP contribution in [-0.4, -0.2) is 60.0 Å². The van der Waals surface area contributed by atoms with Gasteiger partial charge in [-0.25, -0.2) is 12.9 Å². The summed E-state index contributed by atoms with van der Waals surface area (Å²) in [4.78, 5) is 14.0. The SMILES string of the molecule is CN(CCC(=O)NCc1cnn2ccccc12)[C@@H]1CCS(=O)(=O)C1. The zero-order chi connectivity index (χ0) is 17.2. The first kappa shape index (κ1) is 16.9. The molecule has 1 fully saturated rings. The van der Waals surface area contributed by atoms with E-state index in [1.807, 2.05) is 36.3 Å². The van der Waals surface area contributed by atoms with Crippen molar-refractivity contribution < 1.29 is 13.2 Å². The maximum atomic E-state index is 12.0. The molecule has 0 bridgehead atoms. The highest BCUT2D eigenvalue weighted by atomic mass is 32.2. The number of pyridine rings is 1. The van der Waals surface area contributed by atoms with E-state index in [0.29, 0.717) is 25.9 Å². The Kier molecular flexibility index (Phi) is 4.86. The Balaban J connectivity index is 1.46. The molecule has 3 heterocycles. The van der Waals surface area contributed by atoms with E-state index >= 15 is 0 Å². The molecule has 0 aliphatic carbocycles. The van der Waals surface area contributed by atoms with E-state index in [0.717, 1.165) is 11.1 Å². The average molecular weight is 350 g/mol. The van der Waals surface area contributed by atoms with Crippen LogP contribution >= 0.6 is 0 Å². The number of amides is 1. The fourth-order valence-electron chi connectivity index (χ4n) is 2.99. The molecule has 1 atom stereocenters. The minimum atomic E-state index is -2.89. The normalized spacial score (nSPS) is 19.8. The van der Waals surface area contributed by atoms with Crippen LogP contribution in [0, 0.1) is 0 Å². The first-order valence-corrected chi connectivity index (χ1v) is 9.85. The van der Waals surface area contributed by atoms with Crippen LogP contribution in [0.15, 0.2) is 30.6 Å². The van der Waals surface area contributed by atoms with Gasteiger partial charge < -0.3 is 10.2 Å². The molecule has 2 aromatic rings. The highest BCUT2D eigenvalue weighted by Gasteiger charge is 2.30. The van der Waals surface area contributed by atoms with Crippen LogP contribution in [0.2, 0.25) is 0 Å². The summed E-state index contributed by atoms with van der Waals surface area (Å²) in [6, 6.07) is 5.83. The minimum Gasteiger partial charge on any atom is -0.352 e. The Hall–Kier alpha value is -1.93. The van der Waals surface area contributed by atoms with Gasteiger partial charge in [-0.2, -0.15) is 5.10 Å². The van der Waals surface area contributed by atoms with E-state index in [1.165, 1.54) is 0 Å². The van der Waals surface area contributed by atoms with Gasteiger partial charge in [-0.1, -0.05) is 6.07 Å². The van der Waals surface area contributed by atoms with Crippen LogP contribution in [0.3, 0.4) is 0 Å². The van der Waals surface area contributed by atoms with Crippen molar-refractivity contribution >= 4 is 21.3 Å². The number of nitrogens with one attached hydrogen (secondary N) is 1. The van der Waals surface area contributed by atoms with Crippen LogP contribution in [0.4, 0.5) is 0 Å². The number of rotatable bonds is 6. The maximum Gasteiger partial charge on any atom is 0.221 e. The van der Waals surface area contributed by atoms with Gasteiger partial charge in [0.05, 0.1) is 23.2 Å². The fraction of sp³-hybridized carbons (Fsp3) is 0.500. The van der Waals surface area contributed by atoms with Crippen molar-refractivity contribution in [2.24, 2.45) is 0 Å². The Labute approximate surface area is 141 Å². The van der Waals surface area contributed by atoms with Crippen LogP contribution in [0.25, 0.3) is 5.52 Å². The predicted octanol–water partition coefficient (Wildman–Crippen LogP) is 0.459. The average Bonchev–Trinajstić information content (AvgIpc) is 3.13. The van der Waals surface area contributed by atoms with E-state index in [2.05, 4.69) is 10.4 Å². The summed E-state index contributed by atoms with van der Waals surface area (Å²) in [5.74, 6) is 0.411. The number of carbonyl (C=O) groups excluding carboxylic acids is 1. The molecule has 24 heavy (non-hydrogen) atoms. The highest BCUT2D eigenvalue weighted by molar-refractivity contribution is 7.91. The molecule has 3 rings (SSSR count). The molecule has 2 aromatic heterocycles. The highest BCUT2D eigenvalue weighted by Crippen LogP contribution is 2.16. The van der Waals surface area contributed by atoms with Crippen molar-refractivity contribution in [1.82, 2.24) is 19.8 Å². The first-order valence-electron chi connectivity index (χ1n) is 8.03. The van der Waals surface area contributed by atoms with E-state index in [-0.39, 0.29) is 23.5 Å². The van der Waals surface area contributed by atoms with Crippen molar-refractivity contribution in [3.05, 3.63) is 36.2 Å². The molecule has 0 spiro atoms. The van der Waals surface area contributed by atoms with Crippen molar-refractivity contribution in [2.45, 2.75) is 25.4 Å². The third-order valence-electron chi connectivity index (χ3n) is 4.51. The molecule has 7 nitrogen and oxygen atoms in total. The summed E-state index contributed by atoms with van der Waals surface area (Å²) in [6.07, 6.45) is 4.63. The lowest BCUT2D eigenvalue weighted by molar-refractivity contribution is -0.121. The lowest BCUT2D eigenvalue weighted by atomic mass is 10.2. The third-order valence-corrected chi connectivity index (χ3v) is 6.26. The zero-order valence-electron chi connectivity index (χ0n) is 13.7. The van der Waals surface area contributed by atoms with Gasteiger partial charge in [-0.05, 0) is 25.6 Å². The zero-order valence-corrected chi connectivity index (χ0v) is 14.5. The lowest BCUT2D eigenvalue weighted by Crippen LogP contribution is -2.36. The van der Waals surface area contributed by atoms with E-state index in [4.69, 9.17) is 0 Å². The molecule has 0 unspecified atom stereocenters. The topological polar surface area (TPSA) is 83.8 Å². The largest absolute Gasteiger partial charge is 0.352 e. The molecule has 130 valence electrons. The predicted molar refractivity (Wildman–Crippen MR) is 91.3 cm³/mol. The first-order chi connectivity index (χ1) is 11.4. The van der Waals surface area contributed by atoms with Crippen LogP contribution in [0.1, 0.15) is 18.4 Å². The van der Waals surface area contributed by atoms with Crippen molar-refractivity contribution in [2.75, 3.05) is 25.1 Å². The van der Waals surface area contributed by atoms with Crippen molar-refractivity contribution in [3.8, 4) is 0 Å². The van der Waals surface area contributed by atoms with Gasteiger partial charge in [-0.3, -0.25) is 4.79 Å². The molecule has 0 aromatic carbocycles. The molecular weight excluding hydrogens is 328 g/mol. The van der Waals surface area contributed by atoms with Gasteiger partial charge in [0.2, 0.25) is 5.91 Å². The quantitative estimate of drug-likeness (QED) is 0.818. The number of aromatic nitrogens is 2. The van der Waals surface area contributed by atoms with Gasteiger partial charge in [0, 0.05) is 37.3 Å². The van der Waals surface area contributed by atoms with Gasteiger partial charge in [0.1, 0.15) is 0 Å². The van der Waals surface area contributed by atoms with E-state index in [9.17, 15) is 13.2 Å². The minimum absolute atomic E-state index is 0.0300. The molecule has 0 saturated carbocycles.